The first-order chi connectivity index (χ1) is 9.70. The molecule has 2 saturated heterocycles. The average molecular weight is 290 g/mol. The summed E-state index contributed by atoms with van der Waals surface area (Å²) in [6.07, 6.45) is -1.99. The molecule has 0 aromatic rings. The van der Waals surface area contributed by atoms with Crippen LogP contribution < -0.4 is 0 Å². The molecule has 2 rings (SSSR count). The Kier molecular flexibility index (Phi) is 5.72. The van der Waals surface area contributed by atoms with E-state index in [0.29, 0.717) is 13.2 Å². The van der Waals surface area contributed by atoms with E-state index in [0.717, 1.165) is 0 Å². The van der Waals surface area contributed by atoms with Crippen LogP contribution >= 0.6 is 0 Å². The SMILES string of the molecule is COC(=O)C1COCC(COC(=O)C2COCCO2)O1. The molecule has 20 heavy (non-hydrogen) atoms. The summed E-state index contributed by atoms with van der Waals surface area (Å²) < 4.78 is 30.6. The third-order valence-corrected chi connectivity index (χ3v) is 2.88. The Labute approximate surface area is 116 Å². The van der Waals surface area contributed by atoms with Gasteiger partial charge in [-0.3, -0.25) is 0 Å². The van der Waals surface area contributed by atoms with Crippen molar-refractivity contribution in [3.63, 3.8) is 0 Å². The minimum atomic E-state index is -0.785. The van der Waals surface area contributed by atoms with Crippen molar-refractivity contribution in [1.82, 2.24) is 0 Å². The van der Waals surface area contributed by atoms with Gasteiger partial charge in [-0.1, -0.05) is 0 Å². The molecule has 0 aliphatic carbocycles. The van der Waals surface area contributed by atoms with Crippen LogP contribution in [0.4, 0.5) is 0 Å². The van der Waals surface area contributed by atoms with Crippen LogP contribution in [-0.4, -0.2) is 77.0 Å². The molecule has 0 spiro atoms. The second kappa shape index (κ2) is 7.53. The van der Waals surface area contributed by atoms with Gasteiger partial charge in [0, 0.05) is 0 Å². The average Bonchev–Trinajstić information content (AvgIpc) is 2.53. The number of ether oxygens (including phenoxy) is 6. The third-order valence-electron chi connectivity index (χ3n) is 2.88. The third kappa shape index (κ3) is 4.14. The maximum atomic E-state index is 11.7. The van der Waals surface area contributed by atoms with Crippen LogP contribution in [0.25, 0.3) is 0 Å². The lowest BCUT2D eigenvalue weighted by molar-refractivity contribution is -0.195. The number of carbonyl (C=O) groups is 2. The van der Waals surface area contributed by atoms with Crippen molar-refractivity contribution < 1.29 is 38.0 Å². The van der Waals surface area contributed by atoms with Crippen LogP contribution in [0.3, 0.4) is 0 Å². The van der Waals surface area contributed by atoms with E-state index in [1.807, 2.05) is 0 Å². The Balaban J connectivity index is 1.72. The number of methoxy groups -OCH3 is 1. The molecule has 0 bridgehead atoms. The zero-order chi connectivity index (χ0) is 14.4. The first-order valence-corrected chi connectivity index (χ1v) is 6.37. The second-order valence-corrected chi connectivity index (χ2v) is 4.37. The molecule has 2 aliphatic rings. The molecule has 0 aromatic heterocycles. The Hall–Kier alpha value is -1.22. The number of carbonyl (C=O) groups excluding carboxylic acids is 2. The van der Waals surface area contributed by atoms with Gasteiger partial charge in [-0.2, -0.15) is 0 Å². The van der Waals surface area contributed by atoms with Gasteiger partial charge in [0.1, 0.15) is 12.7 Å². The van der Waals surface area contributed by atoms with Crippen molar-refractivity contribution in [1.29, 1.82) is 0 Å². The van der Waals surface area contributed by atoms with E-state index in [4.69, 9.17) is 23.7 Å². The van der Waals surface area contributed by atoms with Crippen molar-refractivity contribution in [3.05, 3.63) is 0 Å². The number of esters is 2. The molecule has 0 radical (unpaired) electrons. The quantitative estimate of drug-likeness (QED) is 0.603. The van der Waals surface area contributed by atoms with Gasteiger partial charge >= 0.3 is 11.9 Å². The molecule has 114 valence electrons. The van der Waals surface area contributed by atoms with E-state index in [-0.39, 0.29) is 26.4 Å². The lowest BCUT2D eigenvalue weighted by Crippen LogP contribution is -2.44. The Morgan fingerprint density at radius 2 is 1.85 bits per heavy atom. The summed E-state index contributed by atoms with van der Waals surface area (Å²) in [7, 11) is 1.27. The van der Waals surface area contributed by atoms with Crippen molar-refractivity contribution in [3.8, 4) is 0 Å². The van der Waals surface area contributed by atoms with Gasteiger partial charge in [-0.05, 0) is 0 Å². The highest BCUT2D eigenvalue weighted by Crippen LogP contribution is 2.11. The molecule has 8 heteroatoms. The highest BCUT2D eigenvalue weighted by molar-refractivity contribution is 5.75. The van der Waals surface area contributed by atoms with Gasteiger partial charge in [0.05, 0.1) is 40.1 Å². The van der Waals surface area contributed by atoms with E-state index in [1.54, 1.807) is 0 Å². The first-order valence-electron chi connectivity index (χ1n) is 6.37. The summed E-state index contributed by atoms with van der Waals surface area (Å²) in [6, 6.07) is 0. The minimum absolute atomic E-state index is 0.00775. The fraction of sp³-hybridized carbons (Fsp3) is 0.833. The molecule has 8 nitrogen and oxygen atoms in total. The normalized spacial score (nSPS) is 30.6. The highest BCUT2D eigenvalue weighted by Gasteiger charge is 2.31. The molecule has 3 unspecified atom stereocenters. The number of rotatable bonds is 4. The molecule has 0 N–H and O–H groups in total. The molecule has 0 aromatic carbocycles. The second-order valence-electron chi connectivity index (χ2n) is 4.37. The fourth-order valence-electron chi connectivity index (χ4n) is 1.85. The maximum Gasteiger partial charge on any atom is 0.337 e. The standard InChI is InChI=1S/C12H18O8/c1-15-11(13)10-7-17-4-8(20-10)5-19-12(14)9-6-16-2-3-18-9/h8-10H,2-7H2,1H3. The molecule has 0 amide bonds. The largest absolute Gasteiger partial charge is 0.467 e. The molecule has 2 heterocycles. The van der Waals surface area contributed by atoms with E-state index in [1.165, 1.54) is 7.11 Å². The predicted molar refractivity (Wildman–Crippen MR) is 63.0 cm³/mol. The summed E-state index contributed by atoms with van der Waals surface area (Å²) in [6.45, 7) is 1.41. The topological polar surface area (TPSA) is 89.5 Å². The van der Waals surface area contributed by atoms with E-state index < -0.39 is 30.3 Å². The van der Waals surface area contributed by atoms with Gasteiger partial charge < -0.3 is 28.4 Å². The van der Waals surface area contributed by atoms with E-state index in [2.05, 4.69) is 4.74 Å². The Morgan fingerprint density at radius 3 is 2.55 bits per heavy atom. The van der Waals surface area contributed by atoms with Crippen molar-refractivity contribution in [2.24, 2.45) is 0 Å². The lowest BCUT2D eigenvalue weighted by atomic mass is 10.3. The molecular formula is C12H18O8. The summed E-state index contributed by atoms with van der Waals surface area (Å²) >= 11 is 0. The van der Waals surface area contributed by atoms with Crippen LogP contribution in [-0.2, 0) is 38.0 Å². The Morgan fingerprint density at radius 1 is 1.05 bits per heavy atom. The van der Waals surface area contributed by atoms with Crippen LogP contribution in [0.5, 0.6) is 0 Å². The highest BCUT2D eigenvalue weighted by atomic mass is 16.6. The van der Waals surface area contributed by atoms with Crippen molar-refractivity contribution in [2.45, 2.75) is 18.3 Å². The van der Waals surface area contributed by atoms with Crippen molar-refractivity contribution in [2.75, 3.05) is 46.8 Å². The molecular weight excluding hydrogens is 272 g/mol. The summed E-state index contributed by atoms with van der Waals surface area (Å²) in [5.41, 5.74) is 0. The zero-order valence-corrected chi connectivity index (χ0v) is 11.2. The molecule has 2 fully saturated rings. The molecule has 2 aliphatic heterocycles. The summed E-state index contributed by atoms with van der Waals surface area (Å²) in [5, 5.41) is 0. The first kappa shape index (κ1) is 15.2. The predicted octanol–water partition coefficient (Wildman–Crippen LogP) is -1.10. The summed E-state index contributed by atoms with van der Waals surface area (Å²) in [4.78, 5) is 23.0. The number of hydrogen-bond donors (Lipinski definition) is 0. The van der Waals surface area contributed by atoms with Gasteiger partial charge in [-0.15, -0.1) is 0 Å². The summed E-state index contributed by atoms with van der Waals surface area (Å²) in [5.74, 6) is -1.02. The molecule has 0 saturated carbocycles. The number of hydrogen-bond acceptors (Lipinski definition) is 8. The van der Waals surface area contributed by atoms with Gasteiger partial charge in [0.2, 0.25) is 0 Å². The monoisotopic (exact) mass is 290 g/mol. The van der Waals surface area contributed by atoms with Gasteiger partial charge in [0.25, 0.3) is 0 Å². The molecule has 3 atom stereocenters. The van der Waals surface area contributed by atoms with E-state index >= 15 is 0 Å². The zero-order valence-electron chi connectivity index (χ0n) is 11.2. The van der Waals surface area contributed by atoms with Crippen LogP contribution in [0.1, 0.15) is 0 Å². The Bertz CT molecular complexity index is 338. The van der Waals surface area contributed by atoms with Crippen LogP contribution in [0.2, 0.25) is 0 Å². The smallest absolute Gasteiger partial charge is 0.337 e. The maximum absolute atomic E-state index is 11.7. The van der Waals surface area contributed by atoms with Crippen molar-refractivity contribution >= 4 is 11.9 Å². The van der Waals surface area contributed by atoms with E-state index in [9.17, 15) is 9.59 Å². The van der Waals surface area contributed by atoms with Crippen LogP contribution in [0, 0.1) is 0 Å². The van der Waals surface area contributed by atoms with Crippen LogP contribution in [0.15, 0.2) is 0 Å². The fourth-order valence-corrected chi connectivity index (χ4v) is 1.85. The van der Waals surface area contributed by atoms with Gasteiger partial charge in [0.15, 0.2) is 12.2 Å². The minimum Gasteiger partial charge on any atom is -0.467 e. The lowest BCUT2D eigenvalue weighted by Gasteiger charge is -2.29. The van der Waals surface area contributed by atoms with Gasteiger partial charge in [-0.25, -0.2) is 9.59 Å².